The standard InChI is InChI=1S/C20H19ClN4O4S/c21-16-5-3-6-17(12-16)30(28,29)24-10-8-23(9-11-24)19(26)14-25-20(27)18-7-2-1-4-15(18)13-22-25/h1-7,12-13H,8-11,14H2. The average molecular weight is 447 g/mol. The van der Waals surface area contributed by atoms with Gasteiger partial charge in [0.15, 0.2) is 0 Å². The molecule has 0 atom stereocenters. The Kier molecular flexibility index (Phi) is 5.59. The molecule has 0 aliphatic carbocycles. The monoisotopic (exact) mass is 446 g/mol. The molecule has 0 bridgehead atoms. The fourth-order valence-corrected chi connectivity index (χ4v) is 5.15. The summed E-state index contributed by atoms with van der Waals surface area (Å²) in [4.78, 5) is 26.9. The third kappa shape index (κ3) is 3.96. The highest BCUT2D eigenvalue weighted by Gasteiger charge is 2.30. The normalized spacial score (nSPS) is 15.4. The summed E-state index contributed by atoms with van der Waals surface area (Å²) in [6.45, 7) is 0.619. The van der Waals surface area contributed by atoms with E-state index in [9.17, 15) is 18.0 Å². The lowest BCUT2D eigenvalue weighted by atomic mass is 10.2. The highest BCUT2D eigenvalue weighted by molar-refractivity contribution is 7.89. The van der Waals surface area contributed by atoms with Gasteiger partial charge < -0.3 is 4.90 Å². The predicted octanol–water partition coefficient (Wildman–Crippen LogP) is 1.58. The molecule has 1 fully saturated rings. The molecule has 2 heterocycles. The SMILES string of the molecule is O=C(Cn1ncc2ccccc2c1=O)N1CCN(S(=O)(=O)c2cccc(Cl)c2)CC1. The molecule has 0 unspecified atom stereocenters. The van der Waals surface area contributed by atoms with Crippen molar-refractivity contribution >= 4 is 38.3 Å². The summed E-state index contributed by atoms with van der Waals surface area (Å²) >= 11 is 5.91. The molecule has 1 saturated heterocycles. The van der Waals surface area contributed by atoms with Crippen LogP contribution in [0.3, 0.4) is 0 Å². The molecule has 2 aromatic carbocycles. The van der Waals surface area contributed by atoms with Crippen molar-refractivity contribution in [2.75, 3.05) is 26.2 Å². The van der Waals surface area contributed by atoms with Crippen LogP contribution in [0.4, 0.5) is 0 Å². The van der Waals surface area contributed by atoms with E-state index in [-0.39, 0.29) is 49.1 Å². The molecule has 1 aliphatic heterocycles. The molecule has 0 saturated carbocycles. The summed E-state index contributed by atoms with van der Waals surface area (Å²) in [5.41, 5.74) is -0.330. The molecular weight excluding hydrogens is 428 g/mol. The molecule has 0 radical (unpaired) electrons. The summed E-state index contributed by atoms with van der Waals surface area (Å²) in [5, 5.41) is 5.64. The van der Waals surface area contributed by atoms with Gasteiger partial charge in [-0.15, -0.1) is 0 Å². The van der Waals surface area contributed by atoms with Crippen molar-refractivity contribution in [3.8, 4) is 0 Å². The predicted molar refractivity (Wildman–Crippen MR) is 113 cm³/mol. The molecule has 1 aromatic heterocycles. The van der Waals surface area contributed by atoms with Gasteiger partial charge in [0.25, 0.3) is 5.56 Å². The number of halogens is 1. The van der Waals surface area contributed by atoms with Crippen molar-refractivity contribution in [1.29, 1.82) is 0 Å². The minimum atomic E-state index is -3.68. The Bertz CT molecular complexity index is 1270. The fourth-order valence-electron chi connectivity index (χ4n) is 3.42. The average Bonchev–Trinajstić information content (AvgIpc) is 2.76. The number of hydrogen-bond acceptors (Lipinski definition) is 5. The molecule has 0 N–H and O–H groups in total. The van der Waals surface area contributed by atoms with Crippen LogP contribution < -0.4 is 5.56 Å². The number of nitrogens with zero attached hydrogens (tertiary/aromatic N) is 4. The van der Waals surface area contributed by atoms with Crippen molar-refractivity contribution in [1.82, 2.24) is 19.0 Å². The number of rotatable bonds is 4. The molecule has 1 amide bonds. The van der Waals surface area contributed by atoms with E-state index in [4.69, 9.17) is 11.6 Å². The molecule has 10 heteroatoms. The number of hydrogen-bond donors (Lipinski definition) is 0. The van der Waals surface area contributed by atoms with Crippen LogP contribution in [0.1, 0.15) is 0 Å². The first-order valence-corrected chi connectivity index (χ1v) is 11.2. The van der Waals surface area contributed by atoms with E-state index in [1.54, 1.807) is 41.4 Å². The quantitative estimate of drug-likeness (QED) is 0.606. The zero-order chi connectivity index (χ0) is 21.3. The third-order valence-electron chi connectivity index (χ3n) is 5.07. The number of carbonyl (C=O) groups excluding carboxylic acids is 1. The summed E-state index contributed by atoms with van der Waals surface area (Å²) < 4.78 is 28.0. The zero-order valence-electron chi connectivity index (χ0n) is 15.9. The zero-order valence-corrected chi connectivity index (χ0v) is 17.5. The Hall–Kier alpha value is -2.75. The number of sulfonamides is 1. The first kappa shape index (κ1) is 20.5. The second-order valence-corrected chi connectivity index (χ2v) is 9.31. The molecule has 1 aliphatic rings. The number of fused-ring (bicyclic) bond motifs is 1. The summed E-state index contributed by atoms with van der Waals surface area (Å²) in [6, 6.07) is 13.2. The van der Waals surface area contributed by atoms with Crippen molar-refractivity contribution < 1.29 is 13.2 Å². The highest BCUT2D eigenvalue weighted by atomic mass is 35.5. The van der Waals surface area contributed by atoms with E-state index >= 15 is 0 Å². The Morgan fingerprint density at radius 3 is 2.50 bits per heavy atom. The van der Waals surface area contributed by atoms with Gasteiger partial charge in [-0.2, -0.15) is 9.40 Å². The largest absolute Gasteiger partial charge is 0.338 e. The summed E-state index contributed by atoms with van der Waals surface area (Å²) in [5.74, 6) is -0.278. The Morgan fingerprint density at radius 1 is 1.03 bits per heavy atom. The van der Waals surface area contributed by atoms with Crippen LogP contribution in [0.5, 0.6) is 0 Å². The number of aromatic nitrogens is 2. The Labute approximate surface area is 178 Å². The van der Waals surface area contributed by atoms with E-state index in [2.05, 4.69) is 5.10 Å². The molecule has 8 nitrogen and oxygen atoms in total. The number of amides is 1. The number of carbonyl (C=O) groups is 1. The van der Waals surface area contributed by atoms with Crippen LogP contribution in [-0.2, 0) is 21.4 Å². The lowest BCUT2D eigenvalue weighted by Gasteiger charge is -2.34. The van der Waals surface area contributed by atoms with Crippen LogP contribution >= 0.6 is 11.6 Å². The van der Waals surface area contributed by atoms with E-state index < -0.39 is 10.0 Å². The van der Waals surface area contributed by atoms with E-state index in [0.29, 0.717) is 15.8 Å². The molecule has 156 valence electrons. The minimum absolute atomic E-state index is 0.127. The van der Waals surface area contributed by atoms with Gasteiger partial charge >= 0.3 is 0 Å². The molecule has 30 heavy (non-hydrogen) atoms. The first-order chi connectivity index (χ1) is 14.4. The van der Waals surface area contributed by atoms with Gasteiger partial charge in [-0.3, -0.25) is 9.59 Å². The van der Waals surface area contributed by atoms with Gasteiger partial charge in [0.2, 0.25) is 15.9 Å². The number of piperazine rings is 1. The van der Waals surface area contributed by atoms with Crippen LogP contribution in [-0.4, -0.2) is 59.5 Å². The maximum atomic E-state index is 12.8. The topological polar surface area (TPSA) is 92.6 Å². The van der Waals surface area contributed by atoms with Gasteiger partial charge in [-0.05, 0) is 24.3 Å². The van der Waals surface area contributed by atoms with E-state index in [1.807, 2.05) is 6.07 Å². The molecule has 4 rings (SSSR count). The summed E-state index contributed by atoms with van der Waals surface area (Å²) in [7, 11) is -3.68. The van der Waals surface area contributed by atoms with E-state index in [0.717, 1.165) is 4.68 Å². The molecule has 3 aromatic rings. The van der Waals surface area contributed by atoms with Gasteiger partial charge in [-0.25, -0.2) is 13.1 Å². The van der Waals surface area contributed by atoms with Gasteiger partial charge in [0.05, 0.1) is 16.5 Å². The van der Waals surface area contributed by atoms with Crippen molar-refractivity contribution in [2.45, 2.75) is 11.4 Å². The maximum absolute atomic E-state index is 12.8. The molecule has 0 spiro atoms. The summed E-state index contributed by atoms with van der Waals surface area (Å²) in [6.07, 6.45) is 1.56. The van der Waals surface area contributed by atoms with Gasteiger partial charge in [-0.1, -0.05) is 35.9 Å². The van der Waals surface area contributed by atoms with Crippen LogP contribution in [0.15, 0.2) is 64.4 Å². The number of benzene rings is 2. The van der Waals surface area contributed by atoms with Gasteiger partial charge in [0.1, 0.15) is 6.54 Å². The smallest absolute Gasteiger partial charge is 0.275 e. The third-order valence-corrected chi connectivity index (χ3v) is 7.20. The lowest BCUT2D eigenvalue weighted by Crippen LogP contribution is -2.51. The minimum Gasteiger partial charge on any atom is -0.338 e. The second-order valence-electron chi connectivity index (χ2n) is 6.94. The second kappa shape index (κ2) is 8.17. The Morgan fingerprint density at radius 2 is 1.77 bits per heavy atom. The van der Waals surface area contributed by atoms with E-state index in [1.165, 1.54) is 16.4 Å². The van der Waals surface area contributed by atoms with Crippen molar-refractivity contribution in [3.63, 3.8) is 0 Å². The van der Waals surface area contributed by atoms with Crippen LogP contribution in [0.25, 0.3) is 10.8 Å². The van der Waals surface area contributed by atoms with Gasteiger partial charge in [0, 0.05) is 36.6 Å². The van der Waals surface area contributed by atoms with Crippen molar-refractivity contribution in [2.24, 2.45) is 0 Å². The maximum Gasteiger partial charge on any atom is 0.275 e. The lowest BCUT2D eigenvalue weighted by molar-refractivity contribution is -0.133. The van der Waals surface area contributed by atoms with Crippen LogP contribution in [0.2, 0.25) is 5.02 Å². The van der Waals surface area contributed by atoms with Crippen molar-refractivity contribution in [3.05, 3.63) is 70.1 Å². The first-order valence-electron chi connectivity index (χ1n) is 9.34. The Balaban J connectivity index is 1.44. The van der Waals surface area contributed by atoms with Crippen LogP contribution in [0, 0.1) is 0 Å². The molecular formula is C20H19ClN4O4S. The highest BCUT2D eigenvalue weighted by Crippen LogP contribution is 2.21. The fraction of sp³-hybridized carbons (Fsp3) is 0.250.